The summed E-state index contributed by atoms with van der Waals surface area (Å²) >= 11 is 0. The Balaban J connectivity index is 0.00000420. The molecule has 0 bridgehead atoms. The van der Waals surface area contributed by atoms with Crippen molar-refractivity contribution in [1.82, 2.24) is 15.5 Å². The summed E-state index contributed by atoms with van der Waals surface area (Å²) in [4.78, 5) is 18.8. The van der Waals surface area contributed by atoms with Crippen molar-refractivity contribution >= 4 is 35.8 Å². The van der Waals surface area contributed by atoms with Gasteiger partial charge in [-0.1, -0.05) is 12.1 Å². The molecule has 164 valence electrons. The SMILES string of the molecule is CCNC(=NCc1ccc(C)cc1OCCOCC)NCC(=O)N1CCCC1.I. The fourth-order valence-corrected chi connectivity index (χ4v) is 3.03. The predicted octanol–water partition coefficient (Wildman–Crippen LogP) is 2.71. The third kappa shape index (κ3) is 9.20. The molecular weight excluding hydrogens is 483 g/mol. The van der Waals surface area contributed by atoms with E-state index in [1.807, 2.05) is 37.8 Å². The average Bonchev–Trinajstić information content (AvgIpc) is 3.23. The quantitative estimate of drug-likeness (QED) is 0.216. The summed E-state index contributed by atoms with van der Waals surface area (Å²) in [6, 6.07) is 6.11. The fraction of sp³-hybridized carbons (Fsp3) is 0.619. The molecule has 0 spiro atoms. The number of guanidine groups is 1. The third-order valence-electron chi connectivity index (χ3n) is 4.53. The lowest BCUT2D eigenvalue weighted by molar-refractivity contribution is -0.128. The number of aliphatic imine (C=N–C) groups is 1. The first-order valence-corrected chi connectivity index (χ1v) is 10.2. The summed E-state index contributed by atoms with van der Waals surface area (Å²) < 4.78 is 11.2. The van der Waals surface area contributed by atoms with Gasteiger partial charge in [0.25, 0.3) is 0 Å². The minimum Gasteiger partial charge on any atom is -0.491 e. The van der Waals surface area contributed by atoms with Crippen molar-refractivity contribution in [1.29, 1.82) is 0 Å². The maximum Gasteiger partial charge on any atom is 0.241 e. The van der Waals surface area contributed by atoms with Crippen LogP contribution in [0.25, 0.3) is 0 Å². The van der Waals surface area contributed by atoms with Crippen LogP contribution in [-0.2, 0) is 16.1 Å². The highest BCUT2D eigenvalue weighted by atomic mass is 127. The number of rotatable bonds is 10. The van der Waals surface area contributed by atoms with Crippen LogP contribution in [0.2, 0.25) is 0 Å². The Kier molecular flexibility index (Phi) is 12.7. The molecule has 0 aromatic heterocycles. The molecule has 1 amide bonds. The number of hydrogen-bond acceptors (Lipinski definition) is 4. The van der Waals surface area contributed by atoms with Crippen LogP contribution >= 0.6 is 24.0 Å². The summed E-state index contributed by atoms with van der Waals surface area (Å²) in [6.07, 6.45) is 2.19. The molecule has 8 heteroatoms. The normalized spacial score (nSPS) is 13.8. The first-order chi connectivity index (χ1) is 13.6. The van der Waals surface area contributed by atoms with Crippen molar-refractivity contribution in [3.8, 4) is 5.75 Å². The van der Waals surface area contributed by atoms with Crippen LogP contribution in [-0.4, -0.2) is 62.8 Å². The van der Waals surface area contributed by atoms with Gasteiger partial charge in [-0.25, -0.2) is 4.99 Å². The van der Waals surface area contributed by atoms with Crippen LogP contribution in [0.15, 0.2) is 23.2 Å². The minimum absolute atomic E-state index is 0. The van der Waals surface area contributed by atoms with Crippen molar-refractivity contribution < 1.29 is 14.3 Å². The molecule has 0 aliphatic carbocycles. The zero-order chi connectivity index (χ0) is 20.2. The summed E-state index contributed by atoms with van der Waals surface area (Å²) in [5, 5.41) is 6.34. The first-order valence-electron chi connectivity index (χ1n) is 10.2. The van der Waals surface area contributed by atoms with Crippen molar-refractivity contribution in [2.45, 2.75) is 40.2 Å². The lowest BCUT2D eigenvalue weighted by Gasteiger charge is -2.17. The molecule has 1 fully saturated rings. The molecule has 1 aromatic carbocycles. The highest BCUT2D eigenvalue weighted by Crippen LogP contribution is 2.21. The van der Waals surface area contributed by atoms with E-state index < -0.39 is 0 Å². The van der Waals surface area contributed by atoms with E-state index in [-0.39, 0.29) is 36.4 Å². The number of nitrogens with zero attached hydrogens (tertiary/aromatic N) is 2. The van der Waals surface area contributed by atoms with Gasteiger partial charge in [-0.15, -0.1) is 24.0 Å². The smallest absolute Gasteiger partial charge is 0.241 e. The Hall–Kier alpha value is -1.55. The molecule has 0 saturated carbocycles. The maximum absolute atomic E-state index is 12.2. The van der Waals surface area contributed by atoms with E-state index in [1.165, 1.54) is 0 Å². The van der Waals surface area contributed by atoms with E-state index in [0.29, 0.717) is 32.3 Å². The number of amides is 1. The number of benzene rings is 1. The number of aryl methyl sites for hydroxylation is 1. The summed E-state index contributed by atoms with van der Waals surface area (Å²) in [6.45, 7) is 11.0. The second-order valence-corrected chi connectivity index (χ2v) is 6.79. The summed E-state index contributed by atoms with van der Waals surface area (Å²) in [5.41, 5.74) is 2.14. The molecular formula is C21H35IN4O3. The fourth-order valence-electron chi connectivity index (χ4n) is 3.03. The van der Waals surface area contributed by atoms with Gasteiger partial charge in [0.05, 0.1) is 19.7 Å². The van der Waals surface area contributed by atoms with Gasteiger partial charge in [-0.05, 0) is 45.2 Å². The van der Waals surface area contributed by atoms with E-state index in [0.717, 1.165) is 49.4 Å². The first kappa shape index (κ1) is 25.5. The lowest BCUT2D eigenvalue weighted by Crippen LogP contribution is -2.44. The molecule has 1 saturated heterocycles. The standard InChI is InChI=1S/C21H34N4O3.HI/c1-4-22-21(24-16-20(26)25-10-6-7-11-25)23-15-18-9-8-17(3)14-19(18)28-13-12-27-5-2;/h8-9,14H,4-7,10-13,15-16H2,1-3H3,(H2,22,23,24);1H. The number of hydrogen-bond donors (Lipinski definition) is 2. The van der Waals surface area contributed by atoms with Gasteiger partial charge < -0.3 is 25.0 Å². The highest BCUT2D eigenvalue weighted by Gasteiger charge is 2.17. The van der Waals surface area contributed by atoms with Crippen LogP contribution in [0.1, 0.15) is 37.8 Å². The number of nitrogens with one attached hydrogen (secondary N) is 2. The van der Waals surface area contributed by atoms with E-state index in [9.17, 15) is 4.79 Å². The van der Waals surface area contributed by atoms with Gasteiger partial charge >= 0.3 is 0 Å². The predicted molar refractivity (Wildman–Crippen MR) is 127 cm³/mol. The van der Waals surface area contributed by atoms with E-state index >= 15 is 0 Å². The van der Waals surface area contributed by atoms with Crippen LogP contribution in [0.4, 0.5) is 0 Å². The molecule has 1 heterocycles. The molecule has 0 atom stereocenters. The Bertz CT molecular complexity index is 649. The Morgan fingerprint density at radius 2 is 1.93 bits per heavy atom. The summed E-state index contributed by atoms with van der Waals surface area (Å²) in [7, 11) is 0. The molecule has 1 aliphatic heterocycles. The Labute approximate surface area is 191 Å². The van der Waals surface area contributed by atoms with Gasteiger partial charge in [-0.3, -0.25) is 4.79 Å². The van der Waals surface area contributed by atoms with Gasteiger partial charge in [-0.2, -0.15) is 0 Å². The van der Waals surface area contributed by atoms with Crippen molar-refractivity contribution in [2.75, 3.05) is 46.0 Å². The second kappa shape index (κ2) is 14.4. The average molecular weight is 518 g/mol. The molecule has 7 nitrogen and oxygen atoms in total. The number of carbonyl (C=O) groups excluding carboxylic acids is 1. The number of likely N-dealkylation sites (tertiary alicyclic amines) is 1. The molecule has 0 unspecified atom stereocenters. The topological polar surface area (TPSA) is 75.2 Å². The zero-order valence-corrected chi connectivity index (χ0v) is 20.2. The molecule has 2 N–H and O–H groups in total. The molecule has 2 rings (SSSR count). The molecule has 0 radical (unpaired) electrons. The molecule has 1 aromatic rings. The van der Waals surface area contributed by atoms with Crippen molar-refractivity contribution in [3.05, 3.63) is 29.3 Å². The van der Waals surface area contributed by atoms with E-state index in [1.54, 1.807) is 0 Å². The van der Waals surface area contributed by atoms with E-state index in [4.69, 9.17) is 9.47 Å². The largest absolute Gasteiger partial charge is 0.491 e. The molecule has 29 heavy (non-hydrogen) atoms. The van der Waals surface area contributed by atoms with Gasteiger partial charge in [0, 0.05) is 31.8 Å². The van der Waals surface area contributed by atoms with Crippen molar-refractivity contribution in [3.63, 3.8) is 0 Å². The molecule has 1 aliphatic rings. The number of ether oxygens (including phenoxy) is 2. The highest BCUT2D eigenvalue weighted by molar-refractivity contribution is 14.0. The maximum atomic E-state index is 12.2. The van der Waals surface area contributed by atoms with Crippen LogP contribution in [0.3, 0.4) is 0 Å². The van der Waals surface area contributed by atoms with Crippen LogP contribution in [0, 0.1) is 6.92 Å². The Morgan fingerprint density at radius 1 is 1.17 bits per heavy atom. The second-order valence-electron chi connectivity index (χ2n) is 6.79. The number of halogens is 1. The van der Waals surface area contributed by atoms with Gasteiger partial charge in [0.15, 0.2) is 5.96 Å². The van der Waals surface area contributed by atoms with Crippen molar-refractivity contribution in [2.24, 2.45) is 4.99 Å². The Morgan fingerprint density at radius 3 is 2.62 bits per heavy atom. The van der Waals surface area contributed by atoms with Crippen LogP contribution < -0.4 is 15.4 Å². The van der Waals surface area contributed by atoms with E-state index in [2.05, 4.69) is 21.7 Å². The van der Waals surface area contributed by atoms with Gasteiger partial charge in [0.1, 0.15) is 12.4 Å². The minimum atomic E-state index is 0. The zero-order valence-electron chi connectivity index (χ0n) is 17.8. The number of carbonyl (C=O) groups is 1. The summed E-state index contributed by atoms with van der Waals surface area (Å²) in [5.74, 6) is 1.58. The lowest BCUT2D eigenvalue weighted by atomic mass is 10.1. The third-order valence-corrected chi connectivity index (χ3v) is 4.53. The van der Waals surface area contributed by atoms with Crippen LogP contribution in [0.5, 0.6) is 5.75 Å². The van der Waals surface area contributed by atoms with Gasteiger partial charge in [0.2, 0.25) is 5.91 Å². The monoisotopic (exact) mass is 518 g/mol.